The van der Waals surface area contributed by atoms with Crippen LogP contribution in [0.25, 0.3) is 22.1 Å². The summed E-state index contributed by atoms with van der Waals surface area (Å²) in [5.74, 6) is 0.0486. The number of nitriles is 1. The number of nitrogens with one attached hydrogen (secondary N) is 2. The van der Waals surface area contributed by atoms with Crippen molar-refractivity contribution in [1.82, 2.24) is 24.8 Å². The minimum Gasteiger partial charge on any atom is -0.467 e. The van der Waals surface area contributed by atoms with E-state index in [2.05, 4.69) is 26.3 Å². The van der Waals surface area contributed by atoms with Gasteiger partial charge in [-0.2, -0.15) is 5.26 Å². The molecule has 0 aliphatic carbocycles. The van der Waals surface area contributed by atoms with Crippen LogP contribution < -0.4 is 5.32 Å². The van der Waals surface area contributed by atoms with Gasteiger partial charge in [-0.1, -0.05) is 0 Å². The van der Waals surface area contributed by atoms with Crippen molar-refractivity contribution >= 4 is 41.5 Å². The van der Waals surface area contributed by atoms with Gasteiger partial charge in [-0.05, 0) is 36.4 Å². The molecule has 1 unspecified atom stereocenters. The van der Waals surface area contributed by atoms with Gasteiger partial charge in [0.25, 0.3) is 5.91 Å². The topological polar surface area (TPSA) is 161 Å². The van der Waals surface area contributed by atoms with Gasteiger partial charge in [0.1, 0.15) is 17.7 Å². The molecule has 13 heteroatoms. The maximum absolute atomic E-state index is 13.0. The fourth-order valence-corrected chi connectivity index (χ4v) is 5.05. The lowest BCUT2D eigenvalue weighted by Crippen LogP contribution is -2.44. The van der Waals surface area contributed by atoms with Crippen molar-refractivity contribution in [2.45, 2.75) is 12.5 Å². The lowest BCUT2D eigenvalue weighted by Gasteiger charge is -2.20. The largest absolute Gasteiger partial charge is 0.467 e. The van der Waals surface area contributed by atoms with Crippen LogP contribution in [-0.4, -0.2) is 64.9 Å². The second kappa shape index (κ2) is 10.5. The first-order valence-electron chi connectivity index (χ1n) is 11.1. The zero-order chi connectivity index (χ0) is 26.7. The smallest absolute Gasteiger partial charge is 0.332 e. The first kappa shape index (κ1) is 26.0. The molecule has 0 spiro atoms. The van der Waals surface area contributed by atoms with Crippen LogP contribution in [0.5, 0.6) is 0 Å². The highest BCUT2D eigenvalue weighted by Gasteiger charge is 2.33. The molecule has 2 heterocycles. The van der Waals surface area contributed by atoms with E-state index in [1.165, 1.54) is 21.3 Å². The van der Waals surface area contributed by atoms with Gasteiger partial charge in [-0.3, -0.25) is 9.36 Å². The number of nitrogens with zero attached hydrogens (tertiary/aromatic N) is 4. The molecule has 2 N–H and O–H groups in total. The highest BCUT2D eigenvalue weighted by Crippen LogP contribution is 2.46. The molecule has 0 saturated heterocycles. The minimum atomic E-state index is -3.60. The average Bonchev–Trinajstić information content (AvgIpc) is 3.46. The van der Waals surface area contributed by atoms with Crippen molar-refractivity contribution in [3.8, 4) is 6.07 Å². The van der Waals surface area contributed by atoms with Gasteiger partial charge >= 0.3 is 13.6 Å². The molecule has 0 radical (unpaired) electrons. The summed E-state index contributed by atoms with van der Waals surface area (Å²) >= 11 is 0. The molecule has 192 valence electrons. The Bertz CT molecular complexity index is 1580. The summed E-state index contributed by atoms with van der Waals surface area (Å²) in [7, 11) is 1.79. The molecule has 4 aromatic rings. The monoisotopic (exact) mass is 524 g/mol. The van der Waals surface area contributed by atoms with E-state index < -0.39 is 25.5 Å². The number of hydrogen-bond acceptors (Lipinski definition) is 9. The number of carbonyl (C=O) groups excluding carboxylic acids is 2. The predicted molar refractivity (Wildman–Crippen MR) is 134 cm³/mol. The number of imidazole rings is 2. The van der Waals surface area contributed by atoms with Gasteiger partial charge in [0.2, 0.25) is 0 Å². The second-order valence-electron chi connectivity index (χ2n) is 8.20. The number of methoxy groups -OCH3 is 1. The standard InChI is InChI=1S/C24H25N6O6P/c1-30-20-10-15(23(31)29-19(24(32)34-2)13-37(33,35-3)36-4)6-8-17(20)28-22(30)11-21-26-16-7-5-14(12-25)9-18(16)27-21/h5-10,19H,11,13H2,1-4H3,(H,26,27)(H,29,31). The molecule has 12 nitrogen and oxygen atoms in total. The molecule has 2 aromatic heterocycles. The number of esters is 1. The summed E-state index contributed by atoms with van der Waals surface area (Å²) in [6.07, 6.45) is 0.0148. The average molecular weight is 524 g/mol. The van der Waals surface area contributed by atoms with Crippen LogP contribution in [0, 0.1) is 11.3 Å². The van der Waals surface area contributed by atoms with Crippen molar-refractivity contribution in [2.24, 2.45) is 7.05 Å². The highest BCUT2D eigenvalue weighted by atomic mass is 31.2. The summed E-state index contributed by atoms with van der Waals surface area (Å²) in [6, 6.07) is 11.0. The van der Waals surface area contributed by atoms with Gasteiger partial charge in [-0.25, -0.2) is 14.8 Å². The molecule has 0 aliphatic rings. The van der Waals surface area contributed by atoms with Crippen LogP contribution in [0.3, 0.4) is 0 Å². The number of aromatic amines is 1. The van der Waals surface area contributed by atoms with E-state index >= 15 is 0 Å². The zero-order valence-corrected chi connectivity index (χ0v) is 21.5. The maximum Gasteiger partial charge on any atom is 0.332 e. The van der Waals surface area contributed by atoms with Gasteiger partial charge in [0.15, 0.2) is 0 Å². The van der Waals surface area contributed by atoms with E-state index in [-0.39, 0.29) is 11.7 Å². The Kier molecular flexibility index (Phi) is 7.40. The number of H-pyrrole nitrogens is 1. The first-order valence-corrected chi connectivity index (χ1v) is 12.9. The van der Waals surface area contributed by atoms with Crippen LogP contribution in [-0.2, 0) is 36.6 Å². The number of carbonyl (C=O) groups is 2. The maximum atomic E-state index is 13.0. The number of hydrogen-bond donors (Lipinski definition) is 2. The van der Waals surface area contributed by atoms with E-state index in [0.717, 1.165) is 5.52 Å². The fraction of sp³-hybridized carbons (Fsp3) is 0.292. The number of rotatable bonds is 9. The van der Waals surface area contributed by atoms with Crippen molar-refractivity contribution in [3.05, 3.63) is 59.2 Å². The summed E-state index contributed by atoms with van der Waals surface area (Å²) < 4.78 is 28.9. The van der Waals surface area contributed by atoms with Crippen molar-refractivity contribution in [1.29, 1.82) is 5.26 Å². The lowest BCUT2D eigenvalue weighted by molar-refractivity contribution is -0.142. The lowest BCUT2D eigenvalue weighted by atomic mass is 10.1. The SMILES string of the molecule is COC(=O)C(CP(=O)(OC)OC)NC(=O)c1ccc2nc(Cc3nc4cc(C#N)ccc4[nH]3)n(C)c2c1. The molecule has 0 fully saturated rings. The van der Waals surface area contributed by atoms with E-state index in [9.17, 15) is 14.2 Å². The third kappa shape index (κ3) is 5.39. The van der Waals surface area contributed by atoms with E-state index in [0.29, 0.717) is 40.2 Å². The quantitative estimate of drug-likeness (QED) is 0.248. The van der Waals surface area contributed by atoms with Crippen LogP contribution in [0.4, 0.5) is 0 Å². The molecule has 4 rings (SSSR count). The van der Waals surface area contributed by atoms with E-state index in [4.69, 9.17) is 19.0 Å². The molecule has 1 amide bonds. The third-order valence-electron chi connectivity index (χ3n) is 5.98. The normalized spacial score (nSPS) is 12.4. The summed E-state index contributed by atoms with van der Waals surface area (Å²) in [6.45, 7) is 0. The molecule has 0 saturated carbocycles. The number of benzene rings is 2. The first-order chi connectivity index (χ1) is 17.7. The Morgan fingerprint density at radius 2 is 1.89 bits per heavy atom. The molecular weight excluding hydrogens is 499 g/mol. The van der Waals surface area contributed by atoms with Crippen molar-refractivity contribution in [2.75, 3.05) is 27.5 Å². The predicted octanol–water partition coefficient (Wildman–Crippen LogP) is 2.67. The molecule has 37 heavy (non-hydrogen) atoms. The molecule has 2 aromatic carbocycles. The van der Waals surface area contributed by atoms with E-state index in [1.54, 1.807) is 30.3 Å². The molecule has 1 atom stereocenters. The number of fused-ring (bicyclic) bond motifs is 2. The zero-order valence-electron chi connectivity index (χ0n) is 20.6. The number of aryl methyl sites for hydroxylation is 1. The Labute approximate surface area is 212 Å². The van der Waals surface area contributed by atoms with Crippen molar-refractivity contribution in [3.63, 3.8) is 0 Å². The summed E-state index contributed by atoms with van der Waals surface area (Å²) in [4.78, 5) is 37.7. The van der Waals surface area contributed by atoms with Gasteiger partial charge in [0.05, 0.1) is 53.4 Å². The van der Waals surface area contributed by atoms with Gasteiger partial charge in [-0.15, -0.1) is 0 Å². The molecule has 0 bridgehead atoms. The number of aromatic nitrogens is 4. The van der Waals surface area contributed by atoms with Gasteiger partial charge in [0, 0.05) is 26.8 Å². The van der Waals surface area contributed by atoms with Crippen LogP contribution in [0.1, 0.15) is 27.6 Å². The highest BCUT2D eigenvalue weighted by molar-refractivity contribution is 7.53. The Morgan fingerprint density at radius 3 is 2.57 bits per heavy atom. The summed E-state index contributed by atoms with van der Waals surface area (Å²) in [5, 5.41) is 11.7. The number of amides is 1. The molecular formula is C24H25N6O6P. The van der Waals surface area contributed by atoms with Crippen LogP contribution in [0.2, 0.25) is 0 Å². The Morgan fingerprint density at radius 1 is 1.14 bits per heavy atom. The van der Waals surface area contributed by atoms with Crippen molar-refractivity contribution < 1.29 is 27.9 Å². The van der Waals surface area contributed by atoms with E-state index in [1.807, 2.05) is 17.7 Å². The minimum absolute atomic E-state index is 0.272. The third-order valence-corrected chi connectivity index (χ3v) is 7.90. The van der Waals surface area contributed by atoms with Gasteiger partial charge < -0.3 is 28.7 Å². The molecule has 0 aliphatic heterocycles. The number of ether oxygens (including phenoxy) is 1. The Hall–Kier alpha value is -4.04. The second-order valence-corrected chi connectivity index (χ2v) is 10.5. The fourth-order valence-electron chi connectivity index (χ4n) is 3.91. The van der Waals surface area contributed by atoms with Crippen LogP contribution in [0.15, 0.2) is 36.4 Å². The Balaban J connectivity index is 1.57. The summed E-state index contributed by atoms with van der Waals surface area (Å²) in [5.41, 5.74) is 3.68. The van der Waals surface area contributed by atoms with Crippen LogP contribution >= 0.6 is 7.60 Å².